The van der Waals surface area contributed by atoms with Gasteiger partial charge in [0.25, 0.3) is 0 Å². The Balaban J connectivity index is 1.91. The zero-order chi connectivity index (χ0) is 15.2. The Kier molecular flexibility index (Phi) is 6.15. The van der Waals surface area contributed by atoms with Crippen molar-refractivity contribution >= 4 is 22.9 Å². The zero-order valence-corrected chi connectivity index (χ0v) is 14.4. The van der Waals surface area contributed by atoms with E-state index in [0.29, 0.717) is 5.92 Å². The molecule has 0 saturated carbocycles. The van der Waals surface area contributed by atoms with Gasteiger partial charge in [-0.15, -0.1) is 10.2 Å². The van der Waals surface area contributed by atoms with Crippen molar-refractivity contribution in [2.45, 2.75) is 33.6 Å². The Morgan fingerprint density at radius 2 is 2.10 bits per heavy atom. The van der Waals surface area contributed by atoms with Gasteiger partial charge in [0.15, 0.2) is 0 Å². The molecule has 0 aliphatic heterocycles. The van der Waals surface area contributed by atoms with E-state index in [1.807, 2.05) is 25.1 Å². The summed E-state index contributed by atoms with van der Waals surface area (Å²) in [5, 5.41) is 14.8. The first-order chi connectivity index (χ1) is 10.1. The third-order valence-electron chi connectivity index (χ3n) is 3.19. The molecule has 3 nitrogen and oxygen atoms in total. The van der Waals surface area contributed by atoms with E-state index >= 15 is 0 Å². The fraction of sp³-hybridized carbons (Fsp3) is 0.500. The van der Waals surface area contributed by atoms with E-state index in [9.17, 15) is 0 Å². The van der Waals surface area contributed by atoms with Gasteiger partial charge in [-0.05, 0) is 37.9 Å². The number of halogens is 1. The molecule has 0 atom stereocenters. The quantitative estimate of drug-likeness (QED) is 0.770. The van der Waals surface area contributed by atoms with Crippen LogP contribution in [0.1, 0.15) is 30.8 Å². The molecule has 0 amide bonds. The summed E-state index contributed by atoms with van der Waals surface area (Å²) in [7, 11) is 0. The van der Waals surface area contributed by atoms with Gasteiger partial charge in [-0.1, -0.05) is 55.0 Å². The first kappa shape index (κ1) is 16.4. The summed E-state index contributed by atoms with van der Waals surface area (Å²) >= 11 is 7.98. The lowest BCUT2D eigenvalue weighted by molar-refractivity contribution is 0.542. The minimum absolute atomic E-state index is 0.696. The molecule has 1 heterocycles. The molecule has 0 aliphatic carbocycles. The van der Waals surface area contributed by atoms with Gasteiger partial charge in [0.1, 0.15) is 10.0 Å². The van der Waals surface area contributed by atoms with Crippen LogP contribution in [-0.4, -0.2) is 23.3 Å². The number of nitrogens with zero attached hydrogens (tertiary/aromatic N) is 2. The smallest absolute Gasteiger partial charge is 0.149 e. The Morgan fingerprint density at radius 3 is 2.86 bits per heavy atom. The maximum atomic E-state index is 6.34. The lowest BCUT2D eigenvalue weighted by atomic mass is 10.1. The van der Waals surface area contributed by atoms with Crippen LogP contribution >= 0.6 is 22.9 Å². The van der Waals surface area contributed by atoms with Crippen LogP contribution in [0.4, 0.5) is 0 Å². The average molecular weight is 324 g/mol. The van der Waals surface area contributed by atoms with Crippen LogP contribution in [0.2, 0.25) is 5.02 Å². The van der Waals surface area contributed by atoms with E-state index in [0.717, 1.165) is 52.1 Å². The minimum atomic E-state index is 0.696. The van der Waals surface area contributed by atoms with Crippen molar-refractivity contribution in [3.05, 3.63) is 33.8 Å². The van der Waals surface area contributed by atoms with Crippen molar-refractivity contribution < 1.29 is 0 Å². The number of hydrogen-bond acceptors (Lipinski definition) is 4. The molecule has 2 aromatic rings. The third kappa shape index (κ3) is 4.77. The third-order valence-corrected chi connectivity index (χ3v) is 4.70. The maximum Gasteiger partial charge on any atom is 0.149 e. The maximum absolute atomic E-state index is 6.34. The Bertz CT molecular complexity index is 581. The van der Waals surface area contributed by atoms with Crippen LogP contribution < -0.4 is 5.32 Å². The SMILES string of the molecule is Cc1cccc(-c2nnc(CCCNCC(C)C)s2)c1Cl. The van der Waals surface area contributed by atoms with Gasteiger partial charge < -0.3 is 5.32 Å². The summed E-state index contributed by atoms with van der Waals surface area (Å²) in [6, 6.07) is 6.02. The molecule has 2 rings (SSSR count). The van der Waals surface area contributed by atoms with Gasteiger partial charge in [0.05, 0.1) is 5.02 Å². The van der Waals surface area contributed by atoms with E-state index in [1.165, 1.54) is 0 Å². The van der Waals surface area contributed by atoms with Crippen LogP contribution in [0.5, 0.6) is 0 Å². The molecular formula is C16H22ClN3S. The van der Waals surface area contributed by atoms with Crippen LogP contribution in [0.15, 0.2) is 18.2 Å². The fourth-order valence-corrected chi connectivity index (χ4v) is 3.22. The van der Waals surface area contributed by atoms with Gasteiger partial charge in [0.2, 0.25) is 0 Å². The highest BCUT2D eigenvalue weighted by atomic mass is 35.5. The molecule has 0 fully saturated rings. The first-order valence-corrected chi connectivity index (χ1v) is 8.56. The Morgan fingerprint density at radius 1 is 1.29 bits per heavy atom. The van der Waals surface area contributed by atoms with Gasteiger partial charge in [-0.25, -0.2) is 0 Å². The summed E-state index contributed by atoms with van der Waals surface area (Å²) in [4.78, 5) is 0. The molecule has 5 heteroatoms. The Labute approximate surface area is 135 Å². The fourth-order valence-electron chi connectivity index (χ4n) is 2.03. The molecule has 0 aliphatic rings. The second kappa shape index (κ2) is 7.87. The monoisotopic (exact) mass is 323 g/mol. The molecule has 1 aromatic heterocycles. The van der Waals surface area contributed by atoms with E-state index in [1.54, 1.807) is 11.3 Å². The number of hydrogen-bond donors (Lipinski definition) is 1. The lowest BCUT2D eigenvalue weighted by Gasteiger charge is -2.05. The van der Waals surface area contributed by atoms with Crippen LogP contribution in [0.25, 0.3) is 10.6 Å². The minimum Gasteiger partial charge on any atom is -0.316 e. The van der Waals surface area contributed by atoms with Crippen molar-refractivity contribution in [2.75, 3.05) is 13.1 Å². The molecular weight excluding hydrogens is 302 g/mol. The van der Waals surface area contributed by atoms with E-state index < -0.39 is 0 Å². The van der Waals surface area contributed by atoms with Crippen LogP contribution in [-0.2, 0) is 6.42 Å². The van der Waals surface area contributed by atoms with Crippen LogP contribution in [0, 0.1) is 12.8 Å². The molecule has 0 bridgehead atoms. The van der Waals surface area contributed by atoms with Gasteiger partial charge in [0, 0.05) is 12.0 Å². The average Bonchev–Trinajstić information content (AvgIpc) is 2.90. The van der Waals surface area contributed by atoms with Crippen LogP contribution in [0.3, 0.4) is 0 Å². The van der Waals surface area contributed by atoms with Crippen molar-refractivity contribution in [1.82, 2.24) is 15.5 Å². The first-order valence-electron chi connectivity index (χ1n) is 7.36. The number of nitrogens with one attached hydrogen (secondary N) is 1. The van der Waals surface area contributed by atoms with Gasteiger partial charge in [-0.2, -0.15) is 0 Å². The van der Waals surface area contributed by atoms with Crippen molar-refractivity contribution in [3.63, 3.8) is 0 Å². The van der Waals surface area contributed by atoms with Crippen molar-refractivity contribution in [3.8, 4) is 10.6 Å². The predicted molar refractivity (Wildman–Crippen MR) is 91.1 cm³/mol. The normalized spacial score (nSPS) is 11.3. The summed E-state index contributed by atoms with van der Waals surface area (Å²) in [6.45, 7) is 8.54. The predicted octanol–water partition coefficient (Wildman–Crippen LogP) is 4.35. The molecule has 0 unspecified atom stereocenters. The molecule has 114 valence electrons. The summed E-state index contributed by atoms with van der Waals surface area (Å²) in [6.07, 6.45) is 2.05. The topological polar surface area (TPSA) is 37.8 Å². The van der Waals surface area contributed by atoms with E-state index in [-0.39, 0.29) is 0 Å². The van der Waals surface area contributed by atoms with E-state index in [2.05, 4.69) is 29.4 Å². The second-order valence-electron chi connectivity index (χ2n) is 5.64. The number of aryl methyl sites for hydroxylation is 2. The Hall–Kier alpha value is -0.970. The summed E-state index contributed by atoms with van der Waals surface area (Å²) in [5.41, 5.74) is 2.06. The number of rotatable bonds is 7. The largest absolute Gasteiger partial charge is 0.316 e. The second-order valence-corrected chi connectivity index (χ2v) is 7.08. The number of benzene rings is 1. The zero-order valence-electron chi connectivity index (χ0n) is 12.8. The van der Waals surface area contributed by atoms with Crippen molar-refractivity contribution in [2.24, 2.45) is 5.92 Å². The van der Waals surface area contributed by atoms with Gasteiger partial charge in [-0.3, -0.25) is 0 Å². The van der Waals surface area contributed by atoms with Gasteiger partial charge >= 0.3 is 0 Å². The van der Waals surface area contributed by atoms with Crippen molar-refractivity contribution in [1.29, 1.82) is 0 Å². The molecule has 1 N–H and O–H groups in total. The highest BCUT2D eigenvalue weighted by Crippen LogP contribution is 2.32. The van der Waals surface area contributed by atoms with E-state index in [4.69, 9.17) is 11.6 Å². The summed E-state index contributed by atoms with van der Waals surface area (Å²) in [5.74, 6) is 0.696. The lowest BCUT2D eigenvalue weighted by Crippen LogP contribution is -2.21. The molecule has 0 radical (unpaired) electrons. The standard InChI is InChI=1S/C16H22ClN3S/c1-11(2)10-18-9-5-8-14-19-20-16(21-14)13-7-4-6-12(3)15(13)17/h4,6-7,11,18H,5,8-10H2,1-3H3. The molecule has 1 aromatic carbocycles. The molecule has 21 heavy (non-hydrogen) atoms. The highest BCUT2D eigenvalue weighted by molar-refractivity contribution is 7.14. The number of aromatic nitrogens is 2. The highest BCUT2D eigenvalue weighted by Gasteiger charge is 2.11. The summed E-state index contributed by atoms with van der Waals surface area (Å²) < 4.78 is 0. The molecule has 0 saturated heterocycles. The molecule has 0 spiro atoms.